The number of benzene rings is 1. The Hall–Kier alpha value is -1.31. The number of nitrogens with one attached hydrogen (secondary N) is 1. The number of hydrogen-bond acceptors (Lipinski definition) is 1. The summed E-state index contributed by atoms with van der Waals surface area (Å²) in [6.45, 7) is 7.72. The summed E-state index contributed by atoms with van der Waals surface area (Å²) in [6, 6.07) is 3.87. The topological polar surface area (TPSA) is 49.9 Å². The van der Waals surface area contributed by atoms with E-state index in [1.54, 1.807) is 0 Å². The molecule has 0 unspecified atom stereocenters. The van der Waals surface area contributed by atoms with Gasteiger partial charge in [0.2, 0.25) is 0 Å². The molecule has 0 aliphatic heterocycles. The first-order chi connectivity index (χ1) is 5.52. The lowest BCUT2D eigenvalue weighted by Gasteiger charge is -2.08. The minimum atomic E-state index is 0.130. The Labute approximate surface area is 72.9 Å². The molecule has 0 fully saturated rings. The van der Waals surface area contributed by atoms with Crippen LogP contribution < -0.4 is 5.73 Å². The number of nitrogens with two attached hydrogens (primary N) is 1. The van der Waals surface area contributed by atoms with Crippen LogP contribution in [0.2, 0.25) is 0 Å². The maximum atomic E-state index is 7.34. The number of aryl methyl sites for hydroxylation is 2. The van der Waals surface area contributed by atoms with Crippen LogP contribution >= 0.6 is 0 Å². The van der Waals surface area contributed by atoms with E-state index in [1.807, 2.05) is 26.0 Å². The second-order valence-corrected chi connectivity index (χ2v) is 3.02. The lowest BCUT2D eigenvalue weighted by atomic mass is 9.99. The van der Waals surface area contributed by atoms with Gasteiger partial charge < -0.3 is 5.73 Å². The molecule has 2 nitrogen and oxygen atoms in total. The monoisotopic (exact) mass is 161 g/mol. The highest BCUT2D eigenvalue weighted by atomic mass is 14.7. The second kappa shape index (κ2) is 2.97. The van der Waals surface area contributed by atoms with Gasteiger partial charge in [0, 0.05) is 5.56 Å². The zero-order chi connectivity index (χ0) is 9.30. The van der Waals surface area contributed by atoms with E-state index in [9.17, 15) is 0 Å². The van der Waals surface area contributed by atoms with E-state index in [4.69, 9.17) is 11.1 Å². The van der Waals surface area contributed by atoms with Gasteiger partial charge in [-0.2, -0.15) is 0 Å². The fourth-order valence-electron chi connectivity index (χ4n) is 1.48. The fraction of sp³-hybridized carbons (Fsp3) is 0.200. The van der Waals surface area contributed by atoms with E-state index in [1.165, 1.54) is 0 Å². The van der Waals surface area contributed by atoms with Crippen molar-refractivity contribution in [3.8, 4) is 0 Å². The second-order valence-electron chi connectivity index (χ2n) is 3.02. The molecule has 1 aromatic rings. The Morgan fingerprint density at radius 3 is 2.08 bits per heavy atom. The largest absolute Gasteiger partial charge is 0.384 e. The van der Waals surface area contributed by atoms with Crippen LogP contribution in [0.4, 0.5) is 0 Å². The SMILES string of the molecule is [CH2]c1cc(C)c(C(=N)N)c(C)c1. The Bertz CT molecular complexity index is 304. The summed E-state index contributed by atoms with van der Waals surface area (Å²) in [5.41, 5.74) is 9.27. The molecule has 0 bridgehead atoms. The first-order valence-electron chi connectivity index (χ1n) is 3.80. The molecule has 0 atom stereocenters. The van der Waals surface area contributed by atoms with Gasteiger partial charge in [0.25, 0.3) is 0 Å². The Balaban J connectivity index is 3.38. The number of nitrogen functional groups attached to an aromatic ring is 1. The fourth-order valence-corrected chi connectivity index (χ4v) is 1.48. The average molecular weight is 161 g/mol. The van der Waals surface area contributed by atoms with E-state index in [0.717, 1.165) is 22.3 Å². The summed E-state index contributed by atoms with van der Waals surface area (Å²) in [5, 5.41) is 7.34. The van der Waals surface area contributed by atoms with Crippen molar-refractivity contribution in [2.45, 2.75) is 13.8 Å². The van der Waals surface area contributed by atoms with Crippen molar-refractivity contribution in [1.82, 2.24) is 0 Å². The van der Waals surface area contributed by atoms with E-state index in [-0.39, 0.29) is 5.84 Å². The van der Waals surface area contributed by atoms with Crippen molar-refractivity contribution in [3.05, 3.63) is 41.3 Å². The van der Waals surface area contributed by atoms with Crippen molar-refractivity contribution in [1.29, 1.82) is 5.41 Å². The highest BCUT2D eigenvalue weighted by molar-refractivity contribution is 5.97. The zero-order valence-corrected chi connectivity index (χ0v) is 7.44. The highest BCUT2D eigenvalue weighted by Gasteiger charge is 2.05. The molecular weight excluding hydrogens is 148 g/mol. The van der Waals surface area contributed by atoms with Crippen LogP contribution in [0.25, 0.3) is 0 Å². The van der Waals surface area contributed by atoms with Crippen LogP contribution in [-0.4, -0.2) is 5.84 Å². The predicted octanol–water partition coefficient (Wildman–Crippen LogP) is 1.77. The molecule has 3 N–H and O–H groups in total. The third kappa shape index (κ3) is 1.47. The van der Waals surface area contributed by atoms with Crippen molar-refractivity contribution < 1.29 is 0 Å². The molecular formula is C10H13N2. The lowest BCUT2D eigenvalue weighted by Crippen LogP contribution is -2.14. The third-order valence-corrected chi connectivity index (χ3v) is 1.86. The van der Waals surface area contributed by atoms with Crippen molar-refractivity contribution in [2.75, 3.05) is 0 Å². The van der Waals surface area contributed by atoms with Crippen molar-refractivity contribution >= 4 is 5.84 Å². The van der Waals surface area contributed by atoms with Gasteiger partial charge in [-0.3, -0.25) is 5.41 Å². The maximum Gasteiger partial charge on any atom is 0.123 e. The summed E-state index contributed by atoms with van der Waals surface area (Å²) in [7, 11) is 0. The lowest BCUT2D eigenvalue weighted by molar-refractivity contribution is 1.30. The van der Waals surface area contributed by atoms with E-state index in [2.05, 4.69) is 6.92 Å². The van der Waals surface area contributed by atoms with Crippen LogP contribution in [0.15, 0.2) is 12.1 Å². The molecule has 0 aromatic heterocycles. The summed E-state index contributed by atoms with van der Waals surface area (Å²) in [4.78, 5) is 0. The van der Waals surface area contributed by atoms with Crippen molar-refractivity contribution in [2.24, 2.45) is 5.73 Å². The first-order valence-corrected chi connectivity index (χ1v) is 3.80. The molecule has 1 rings (SSSR count). The standard InChI is InChI=1S/C10H13N2/c1-6-4-7(2)9(10(11)12)8(3)5-6/h4-5H,1H2,2-3H3,(H3,11,12). The zero-order valence-electron chi connectivity index (χ0n) is 7.44. The number of amidine groups is 1. The number of hydrogen-bond donors (Lipinski definition) is 2. The highest BCUT2D eigenvalue weighted by Crippen LogP contribution is 2.15. The van der Waals surface area contributed by atoms with Crippen LogP contribution in [0, 0.1) is 26.2 Å². The van der Waals surface area contributed by atoms with Gasteiger partial charge in [0.15, 0.2) is 0 Å². The first kappa shape index (κ1) is 8.78. The Morgan fingerprint density at radius 1 is 1.33 bits per heavy atom. The van der Waals surface area contributed by atoms with Crippen molar-refractivity contribution in [3.63, 3.8) is 0 Å². The molecule has 0 amide bonds. The summed E-state index contributed by atoms with van der Waals surface area (Å²) < 4.78 is 0. The third-order valence-electron chi connectivity index (χ3n) is 1.86. The van der Waals surface area contributed by atoms with E-state index >= 15 is 0 Å². The normalized spacial score (nSPS) is 9.92. The molecule has 1 aromatic carbocycles. The number of rotatable bonds is 1. The van der Waals surface area contributed by atoms with Gasteiger partial charge in [-0.25, -0.2) is 0 Å². The molecule has 0 aliphatic carbocycles. The van der Waals surface area contributed by atoms with Gasteiger partial charge in [0.1, 0.15) is 5.84 Å². The molecule has 12 heavy (non-hydrogen) atoms. The Morgan fingerprint density at radius 2 is 1.75 bits per heavy atom. The minimum absolute atomic E-state index is 0.130. The molecule has 1 radical (unpaired) electrons. The smallest absolute Gasteiger partial charge is 0.123 e. The van der Waals surface area contributed by atoms with Gasteiger partial charge in [0.05, 0.1) is 0 Å². The van der Waals surface area contributed by atoms with Crippen LogP contribution in [0.3, 0.4) is 0 Å². The minimum Gasteiger partial charge on any atom is -0.384 e. The summed E-state index contributed by atoms with van der Waals surface area (Å²) >= 11 is 0. The summed E-state index contributed by atoms with van der Waals surface area (Å²) in [5.74, 6) is 0.130. The average Bonchev–Trinajstić information content (AvgIpc) is 1.82. The maximum absolute atomic E-state index is 7.34. The molecule has 0 saturated carbocycles. The molecule has 0 heterocycles. The Kier molecular flexibility index (Phi) is 2.18. The van der Waals surface area contributed by atoms with Gasteiger partial charge in [-0.05, 0) is 37.5 Å². The van der Waals surface area contributed by atoms with E-state index in [0.29, 0.717) is 0 Å². The van der Waals surface area contributed by atoms with Crippen LogP contribution in [-0.2, 0) is 0 Å². The predicted molar refractivity (Wildman–Crippen MR) is 51.4 cm³/mol. The quantitative estimate of drug-likeness (QED) is 0.478. The molecule has 2 heteroatoms. The van der Waals surface area contributed by atoms with Crippen LogP contribution in [0.1, 0.15) is 22.3 Å². The molecule has 63 valence electrons. The molecule has 0 spiro atoms. The van der Waals surface area contributed by atoms with E-state index < -0.39 is 0 Å². The van der Waals surface area contributed by atoms with Crippen LogP contribution in [0.5, 0.6) is 0 Å². The molecule has 0 aliphatic rings. The van der Waals surface area contributed by atoms with Gasteiger partial charge in [-0.1, -0.05) is 12.1 Å². The van der Waals surface area contributed by atoms with Gasteiger partial charge >= 0.3 is 0 Å². The summed E-state index contributed by atoms with van der Waals surface area (Å²) in [6.07, 6.45) is 0. The molecule has 0 saturated heterocycles. The van der Waals surface area contributed by atoms with Gasteiger partial charge in [-0.15, -0.1) is 0 Å².